The number of carbonyl (C=O) groups excluding carboxylic acids is 2. The second-order valence-electron chi connectivity index (χ2n) is 3.73. The van der Waals surface area contributed by atoms with Gasteiger partial charge in [0.2, 0.25) is 0 Å². The van der Waals surface area contributed by atoms with E-state index >= 15 is 0 Å². The molecule has 0 saturated carbocycles. The molecule has 0 fully saturated rings. The summed E-state index contributed by atoms with van der Waals surface area (Å²) in [5, 5.41) is 0. The Balaban J connectivity index is 4.08. The van der Waals surface area contributed by atoms with Gasteiger partial charge in [0.05, 0.1) is 5.92 Å². The van der Waals surface area contributed by atoms with Crippen molar-refractivity contribution in [1.29, 1.82) is 0 Å². The van der Waals surface area contributed by atoms with Crippen LogP contribution in [-0.4, -0.2) is 11.9 Å². The van der Waals surface area contributed by atoms with Crippen molar-refractivity contribution in [3.8, 4) is 0 Å². The first kappa shape index (κ1) is 15.4. The quantitative estimate of drug-likeness (QED) is 0.215. The molecule has 0 amide bonds. The summed E-state index contributed by atoms with van der Waals surface area (Å²) >= 11 is 0. The normalized spacial score (nSPS) is 11.4. The van der Waals surface area contributed by atoms with E-state index in [0.29, 0.717) is 12.8 Å². The topological polar surface area (TPSA) is 52.6 Å². The van der Waals surface area contributed by atoms with Crippen LogP contribution >= 0.6 is 0 Å². The van der Waals surface area contributed by atoms with Crippen LogP contribution in [0.15, 0.2) is 25.3 Å². The summed E-state index contributed by atoms with van der Waals surface area (Å²) in [5.74, 6) is -1.60. The van der Waals surface area contributed by atoms with E-state index in [1.54, 1.807) is 6.08 Å². The molecule has 4 nitrogen and oxygen atoms in total. The standard InChI is InChI=1S/C13H20O4/c1-4-7-8-10-11(9-5-2)13(15)17-16-12(14)6-3/h5-6,11H,2-4,7-10H2,1H3. The minimum atomic E-state index is -0.774. The predicted molar refractivity (Wildman–Crippen MR) is 64.8 cm³/mol. The van der Waals surface area contributed by atoms with E-state index < -0.39 is 11.9 Å². The minimum absolute atomic E-state index is 0.295. The molecule has 0 aromatic heterocycles. The van der Waals surface area contributed by atoms with Gasteiger partial charge < -0.3 is 0 Å². The highest BCUT2D eigenvalue weighted by Crippen LogP contribution is 2.16. The van der Waals surface area contributed by atoms with Crippen molar-refractivity contribution in [2.24, 2.45) is 5.92 Å². The molecule has 1 atom stereocenters. The first-order valence-electron chi connectivity index (χ1n) is 5.81. The van der Waals surface area contributed by atoms with Crippen LogP contribution < -0.4 is 0 Å². The molecule has 17 heavy (non-hydrogen) atoms. The average molecular weight is 240 g/mol. The van der Waals surface area contributed by atoms with E-state index in [-0.39, 0.29) is 5.92 Å². The van der Waals surface area contributed by atoms with Gasteiger partial charge in [-0.15, -0.1) is 6.58 Å². The number of allylic oxidation sites excluding steroid dienone is 1. The van der Waals surface area contributed by atoms with Gasteiger partial charge in [-0.2, -0.15) is 0 Å². The highest BCUT2D eigenvalue weighted by atomic mass is 17.2. The number of carbonyl (C=O) groups is 2. The van der Waals surface area contributed by atoms with E-state index in [9.17, 15) is 9.59 Å². The van der Waals surface area contributed by atoms with E-state index in [4.69, 9.17) is 0 Å². The number of rotatable bonds is 8. The summed E-state index contributed by atoms with van der Waals surface area (Å²) in [5.41, 5.74) is 0. The van der Waals surface area contributed by atoms with E-state index in [0.717, 1.165) is 25.3 Å². The predicted octanol–water partition coefficient (Wildman–Crippen LogP) is 2.95. The van der Waals surface area contributed by atoms with Crippen molar-refractivity contribution in [2.75, 3.05) is 0 Å². The fraction of sp³-hybridized carbons (Fsp3) is 0.538. The summed E-state index contributed by atoms with van der Waals surface area (Å²) in [6, 6.07) is 0. The molecule has 0 aliphatic rings. The van der Waals surface area contributed by atoms with E-state index in [1.165, 1.54) is 0 Å². The van der Waals surface area contributed by atoms with Crippen LogP contribution in [0.1, 0.15) is 39.0 Å². The first-order chi connectivity index (χ1) is 8.15. The molecule has 0 spiro atoms. The maximum atomic E-state index is 11.6. The van der Waals surface area contributed by atoms with Crippen molar-refractivity contribution in [1.82, 2.24) is 0 Å². The van der Waals surface area contributed by atoms with Crippen molar-refractivity contribution in [3.05, 3.63) is 25.3 Å². The zero-order valence-corrected chi connectivity index (χ0v) is 10.3. The Morgan fingerprint density at radius 2 is 1.94 bits per heavy atom. The first-order valence-corrected chi connectivity index (χ1v) is 5.81. The third-order valence-electron chi connectivity index (χ3n) is 2.31. The van der Waals surface area contributed by atoms with Crippen LogP contribution in [0.4, 0.5) is 0 Å². The Morgan fingerprint density at radius 3 is 2.47 bits per heavy atom. The minimum Gasteiger partial charge on any atom is -0.247 e. The molecule has 4 heteroatoms. The maximum absolute atomic E-state index is 11.6. The Morgan fingerprint density at radius 1 is 1.24 bits per heavy atom. The van der Waals surface area contributed by atoms with Gasteiger partial charge in [0.1, 0.15) is 0 Å². The van der Waals surface area contributed by atoms with Crippen LogP contribution in [0.5, 0.6) is 0 Å². The Kier molecular flexibility index (Phi) is 8.74. The van der Waals surface area contributed by atoms with Crippen LogP contribution in [0, 0.1) is 5.92 Å². The molecular formula is C13H20O4. The molecule has 0 aromatic rings. The molecule has 0 N–H and O–H groups in total. The maximum Gasteiger partial charge on any atom is 0.378 e. The van der Waals surface area contributed by atoms with Gasteiger partial charge in [-0.3, -0.25) is 0 Å². The van der Waals surface area contributed by atoms with Crippen LogP contribution in [0.3, 0.4) is 0 Å². The number of hydrogen-bond donors (Lipinski definition) is 0. The van der Waals surface area contributed by atoms with Gasteiger partial charge in [0.25, 0.3) is 0 Å². The van der Waals surface area contributed by atoms with Crippen molar-refractivity contribution >= 4 is 11.9 Å². The molecule has 0 saturated heterocycles. The summed E-state index contributed by atoms with van der Waals surface area (Å²) in [6.45, 7) is 8.88. The second kappa shape index (κ2) is 9.63. The van der Waals surface area contributed by atoms with Gasteiger partial charge in [0, 0.05) is 6.08 Å². The molecule has 0 aliphatic carbocycles. The molecular weight excluding hydrogens is 220 g/mol. The summed E-state index contributed by atoms with van der Waals surface area (Å²) in [7, 11) is 0. The summed E-state index contributed by atoms with van der Waals surface area (Å²) in [4.78, 5) is 31.0. The Bertz CT molecular complexity index is 271. The zero-order valence-electron chi connectivity index (χ0n) is 10.3. The number of unbranched alkanes of at least 4 members (excludes halogenated alkanes) is 2. The molecule has 1 unspecified atom stereocenters. The third-order valence-corrected chi connectivity index (χ3v) is 2.31. The van der Waals surface area contributed by atoms with Gasteiger partial charge >= 0.3 is 11.9 Å². The number of hydrogen-bond acceptors (Lipinski definition) is 4. The SMILES string of the molecule is C=CCC(CCCCC)C(=O)OOC(=O)C=C. The van der Waals surface area contributed by atoms with Crippen LogP contribution in [-0.2, 0) is 19.4 Å². The monoisotopic (exact) mass is 240 g/mol. The summed E-state index contributed by atoms with van der Waals surface area (Å²) in [6.07, 6.45) is 6.92. The molecule has 96 valence electrons. The van der Waals surface area contributed by atoms with Crippen molar-refractivity contribution in [2.45, 2.75) is 39.0 Å². The van der Waals surface area contributed by atoms with Crippen LogP contribution in [0.2, 0.25) is 0 Å². The largest absolute Gasteiger partial charge is 0.378 e. The molecule has 0 bridgehead atoms. The highest BCUT2D eigenvalue weighted by Gasteiger charge is 2.20. The molecule has 0 radical (unpaired) electrons. The lowest BCUT2D eigenvalue weighted by Crippen LogP contribution is -2.19. The van der Waals surface area contributed by atoms with Crippen molar-refractivity contribution < 1.29 is 19.4 Å². The zero-order chi connectivity index (χ0) is 13.1. The fourth-order valence-electron chi connectivity index (χ4n) is 1.36. The van der Waals surface area contributed by atoms with E-state index in [2.05, 4.69) is 29.9 Å². The van der Waals surface area contributed by atoms with Gasteiger partial charge in [-0.25, -0.2) is 19.4 Å². The lowest BCUT2D eigenvalue weighted by Gasteiger charge is -2.11. The Labute approximate surface area is 102 Å². The third kappa shape index (κ3) is 7.33. The lowest BCUT2D eigenvalue weighted by molar-refractivity contribution is -0.258. The van der Waals surface area contributed by atoms with Crippen LogP contribution in [0.25, 0.3) is 0 Å². The van der Waals surface area contributed by atoms with Gasteiger partial charge in [-0.05, 0) is 12.8 Å². The molecule has 0 aromatic carbocycles. The Hall–Kier alpha value is -1.58. The average Bonchev–Trinajstić information content (AvgIpc) is 2.34. The second-order valence-corrected chi connectivity index (χ2v) is 3.73. The van der Waals surface area contributed by atoms with Gasteiger partial charge in [0.15, 0.2) is 0 Å². The molecule has 0 rings (SSSR count). The summed E-state index contributed by atoms with van der Waals surface area (Å²) < 4.78 is 0. The van der Waals surface area contributed by atoms with E-state index in [1.807, 2.05) is 0 Å². The highest BCUT2D eigenvalue weighted by molar-refractivity contribution is 5.82. The molecule has 0 heterocycles. The molecule has 0 aliphatic heterocycles. The lowest BCUT2D eigenvalue weighted by atomic mass is 9.98. The smallest absolute Gasteiger partial charge is 0.247 e. The van der Waals surface area contributed by atoms with Gasteiger partial charge in [-0.1, -0.05) is 38.8 Å². The van der Waals surface area contributed by atoms with Crippen molar-refractivity contribution in [3.63, 3.8) is 0 Å². The fourth-order valence-corrected chi connectivity index (χ4v) is 1.36.